The molecular formula is C2H8ClCrNO3. The summed E-state index contributed by atoms with van der Waals surface area (Å²) in [5, 5.41) is 2.75. The van der Waals surface area contributed by atoms with Crippen LogP contribution < -0.4 is 5.32 Å². The minimum atomic E-state index is 0. The van der Waals surface area contributed by atoms with Gasteiger partial charge in [-0.15, -0.1) is 12.4 Å². The summed E-state index contributed by atoms with van der Waals surface area (Å²) in [7, 11) is 3.75. The molecule has 8 heavy (non-hydrogen) atoms. The molecule has 0 fully saturated rings. The van der Waals surface area contributed by atoms with E-state index in [-0.39, 0.29) is 46.2 Å². The van der Waals surface area contributed by atoms with Crippen molar-refractivity contribution in [2.24, 2.45) is 0 Å². The summed E-state index contributed by atoms with van der Waals surface area (Å²) in [4.78, 5) is 0. The molecule has 0 bridgehead atoms. The molecule has 0 saturated carbocycles. The van der Waals surface area contributed by atoms with E-state index in [0.717, 1.165) is 0 Å². The van der Waals surface area contributed by atoms with Crippen LogP contribution in [0.4, 0.5) is 0 Å². The fourth-order valence-corrected chi connectivity index (χ4v) is 0. The molecule has 0 aromatic heterocycles. The third-order valence-corrected chi connectivity index (χ3v) is 0. The van der Waals surface area contributed by atoms with E-state index >= 15 is 0 Å². The zero-order chi connectivity index (χ0) is 2.71. The second kappa shape index (κ2) is 123. The van der Waals surface area contributed by atoms with Crippen LogP contribution in [0.1, 0.15) is 0 Å². The maximum atomic E-state index is 2.75. The molecule has 0 aliphatic heterocycles. The van der Waals surface area contributed by atoms with Crippen molar-refractivity contribution in [3.8, 4) is 0 Å². The molecule has 0 heterocycles. The van der Waals surface area contributed by atoms with Crippen LogP contribution >= 0.6 is 12.4 Å². The summed E-state index contributed by atoms with van der Waals surface area (Å²) in [5.41, 5.74) is 0. The Morgan fingerprint density at radius 1 is 0.875 bits per heavy atom. The van der Waals surface area contributed by atoms with Gasteiger partial charge < -0.3 is 21.7 Å². The number of hydrogen-bond acceptors (Lipinski definition) is 1. The summed E-state index contributed by atoms with van der Waals surface area (Å²) in [5.74, 6) is 0. The summed E-state index contributed by atoms with van der Waals surface area (Å²) in [6, 6.07) is 0. The first-order valence-electron chi connectivity index (χ1n) is 1.00. The van der Waals surface area contributed by atoms with Crippen molar-refractivity contribution >= 4 is 12.4 Å². The summed E-state index contributed by atoms with van der Waals surface area (Å²) in [6.07, 6.45) is 0. The van der Waals surface area contributed by atoms with Gasteiger partial charge in [0.05, 0.1) is 0 Å². The zero-order valence-electron chi connectivity index (χ0n) is 4.54. The van der Waals surface area contributed by atoms with E-state index in [2.05, 4.69) is 5.32 Å². The Kier molecular flexibility index (Phi) is 1100. The van der Waals surface area contributed by atoms with Gasteiger partial charge >= 0.3 is 17.4 Å². The Balaban J connectivity index is -0.00000000200. The Morgan fingerprint density at radius 2 is 0.875 bits per heavy atom. The van der Waals surface area contributed by atoms with E-state index in [1.807, 2.05) is 14.1 Å². The van der Waals surface area contributed by atoms with Crippen molar-refractivity contribution in [2.75, 3.05) is 14.1 Å². The van der Waals surface area contributed by atoms with Gasteiger partial charge in [-0.25, -0.2) is 0 Å². The minimum absolute atomic E-state index is 0. The normalized spacial score (nSPS) is 2.25. The molecule has 0 aliphatic carbocycles. The summed E-state index contributed by atoms with van der Waals surface area (Å²) >= 11 is 0. The van der Waals surface area contributed by atoms with E-state index in [1.54, 1.807) is 0 Å². The molecule has 0 spiro atoms. The molecule has 0 aromatic carbocycles. The van der Waals surface area contributed by atoms with Gasteiger partial charge in [0, 0.05) is 0 Å². The van der Waals surface area contributed by atoms with Crippen LogP contribution in [0, 0.1) is 0 Å². The number of nitrogens with one attached hydrogen (secondary N) is 1. The molecule has 6 heteroatoms. The van der Waals surface area contributed by atoms with Gasteiger partial charge in [-0.05, 0) is 14.1 Å². The van der Waals surface area contributed by atoms with Crippen LogP contribution in [-0.2, 0) is 33.8 Å². The molecule has 0 aromatic rings. The van der Waals surface area contributed by atoms with Crippen molar-refractivity contribution in [1.29, 1.82) is 0 Å². The van der Waals surface area contributed by atoms with E-state index in [9.17, 15) is 0 Å². The van der Waals surface area contributed by atoms with Gasteiger partial charge in [0.2, 0.25) is 0 Å². The molecule has 0 radical (unpaired) electrons. The van der Waals surface area contributed by atoms with Crippen LogP contribution in [0.2, 0.25) is 0 Å². The number of rotatable bonds is 0. The first-order valence-corrected chi connectivity index (χ1v) is 1.00. The summed E-state index contributed by atoms with van der Waals surface area (Å²) in [6.45, 7) is 0. The first kappa shape index (κ1) is 71.7. The fourth-order valence-electron chi connectivity index (χ4n) is 0. The molecule has 1 N–H and O–H groups in total. The summed E-state index contributed by atoms with van der Waals surface area (Å²) < 4.78 is 0. The van der Waals surface area contributed by atoms with E-state index in [4.69, 9.17) is 0 Å². The maximum absolute atomic E-state index is 2.75. The van der Waals surface area contributed by atoms with Crippen molar-refractivity contribution in [3.63, 3.8) is 0 Å². The van der Waals surface area contributed by atoms with Gasteiger partial charge in [-0.3, -0.25) is 0 Å². The molecule has 52 valence electrons. The Morgan fingerprint density at radius 3 is 0.875 bits per heavy atom. The third kappa shape index (κ3) is 487. The molecule has 0 rings (SSSR count). The standard InChI is InChI=1S/C2H7N.ClH.Cr.3O/c1-3-2;;;;;/h3H,1-2H3;1H;;;;/q;;+6;3*-2. The van der Waals surface area contributed by atoms with E-state index in [0.29, 0.717) is 0 Å². The average molecular weight is 182 g/mol. The number of halogens is 1. The molecule has 0 unspecified atom stereocenters. The zero-order valence-corrected chi connectivity index (χ0v) is 6.63. The average Bonchev–Trinajstić information content (AvgIpc) is 0.918. The van der Waals surface area contributed by atoms with Crippen molar-refractivity contribution in [3.05, 3.63) is 0 Å². The van der Waals surface area contributed by atoms with Gasteiger partial charge in [-0.2, -0.15) is 0 Å². The van der Waals surface area contributed by atoms with Crippen molar-refractivity contribution in [1.82, 2.24) is 5.32 Å². The molecule has 0 saturated heterocycles. The minimum Gasteiger partial charge on any atom is -2.00 e. The van der Waals surface area contributed by atoms with Crippen LogP contribution in [0.5, 0.6) is 0 Å². The smallest absolute Gasteiger partial charge is 2.00 e. The van der Waals surface area contributed by atoms with Crippen LogP contribution in [0.15, 0.2) is 0 Å². The number of hydrogen-bond donors (Lipinski definition) is 1. The third-order valence-electron chi connectivity index (χ3n) is 0. The monoisotopic (exact) mass is 181 g/mol. The van der Waals surface area contributed by atoms with Gasteiger partial charge in [-0.1, -0.05) is 0 Å². The van der Waals surface area contributed by atoms with Gasteiger partial charge in [0.1, 0.15) is 0 Å². The fraction of sp³-hybridized carbons (Fsp3) is 1.00. The topological polar surface area (TPSA) is 97.5 Å². The van der Waals surface area contributed by atoms with Crippen LogP contribution in [-0.4, -0.2) is 14.1 Å². The maximum Gasteiger partial charge on any atom is 6.00 e. The van der Waals surface area contributed by atoms with Crippen LogP contribution in [0.25, 0.3) is 0 Å². The Labute approximate surface area is 66.1 Å². The van der Waals surface area contributed by atoms with Crippen molar-refractivity contribution in [2.45, 2.75) is 0 Å². The van der Waals surface area contributed by atoms with Gasteiger partial charge in [0.15, 0.2) is 0 Å². The quantitative estimate of drug-likeness (QED) is 0.555. The molecule has 0 atom stereocenters. The van der Waals surface area contributed by atoms with Gasteiger partial charge in [0.25, 0.3) is 0 Å². The largest absolute Gasteiger partial charge is 6.00 e. The molecular weight excluding hydrogens is 173 g/mol. The van der Waals surface area contributed by atoms with E-state index in [1.165, 1.54) is 0 Å². The Bertz CT molecular complexity index is 17.2. The predicted octanol–water partition coefficient (Wildman–Crippen LogP) is -0.102. The van der Waals surface area contributed by atoms with Crippen molar-refractivity contribution < 1.29 is 33.8 Å². The second-order valence-electron chi connectivity index (χ2n) is 0.500. The molecule has 0 amide bonds. The second-order valence-corrected chi connectivity index (χ2v) is 0.500. The Hall–Kier alpha value is 0.662. The predicted molar refractivity (Wildman–Crippen MR) is 24.3 cm³/mol. The first-order chi connectivity index (χ1) is 1.41. The SMILES string of the molecule is CNC.Cl.[Cr+6].[O-2].[O-2].[O-2]. The molecule has 0 aliphatic rings. The van der Waals surface area contributed by atoms with E-state index < -0.39 is 0 Å². The van der Waals surface area contributed by atoms with Crippen LogP contribution in [0.3, 0.4) is 0 Å². The molecule has 4 nitrogen and oxygen atoms in total.